The van der Waals surface area contributed by atoms with Gasteiger partial charge in [-0.25, -0.2) is 0 Å². The molecule has 0 radical (unpaired) electrons. The molecule has 0 fully saturated rings. The van der Waals surface area contributed by atoms with Crippen molar-refractivity contribution in [1.29, 1.82) is 0 Å². The Morgan fingerprint density at radius 3 is 1.75 bits per heavy atom. The molecule has 8 nitrogen and oxygen atoms in total. The summed E-state index contributed by atoms with van der Waals surface area (Å²) >= 11 is 0. The number of anilines is 4. The highest BCUT2D eigenvalue weighted by Gasteiger charge is 2.28. The van der Waals surface area contributed by atoms with Crippen LogP contribution in [0.1, 0.15) is 24.0 Å². The Morgan fingerprint density at radius 2 is 1.35 bits per heavy atom. The number of hydrogen-bond acceptors (Lipinski definition) is 8. The van der Waals surface area contributed by atoms with E-state index in [1.54, 1.807) is 0 Å². The van der Waals surface area contributed by atoms with Crippen LogP contribution in [0.2, 0.25) is 0 Å². The summed E-state index contributed by atoms with van der Waals surface area (Å²) in [6.07, 6.45) is 2.78. The van der Waals surface area contributed by atoms with Gasteiger partial charge in [-0.15, -0.1) is 5.23 Å². The van der Waals surface area contributed by atoms with Crippen LogP contribution in [0.4, 0.5) is 22.7 Å². The topological polar surface area (TPSA) is 117 Å². The molecule has 4 N–H and O–H groups in total. The molecule has 0 atom stereocenters. The summed E-state index contributed by atoms with van der Waals surface area (Å²) in [6, 6.07) is 0. The summed E-state index contributed by atoms with van der Waals surface area (Å²) < 4.78 is 0. The molecular formula is C12H16N4O4-2. The standard InChI is InChI=1S/C12H16N4O4/c17-15(18)11-7-3-1-5-13-9(7)12(16(19)20)10-8(11)4-2-6-14-10/h13-14,17-18H,1-6H2/q-2. The minimum Gasteiger partial charge on any atom is -0.769 e. The Kier molecular flexibility index (Phi) is 3.30. The van der Waals surface area contributed by atoms with Gasteiger partial charge in [-0.3, -0.25) is 10.4 Å². The SMILES string of the molecule is [O-]N([O-])c1c2c(c(N(O)O)c3c1NCCC3)CCCN2. The van der Waals surface area contributed by atoms with Gasteiger partial charge in [0.15, 0.2) is 0 Å². The van der Waals surface area contributed by atoms with Crippen LogP contribution in [0.5, 0.6) is 0 Å². The molecule has 8 heteroatoms. The molecule has 0 amide bonds. The summed E-state index contributed by atoms with van der Waals surface area (Å²) in [6.45, 7) is 1.28. The van der Waals surface area contributed by atoms with Crippen molar-refractivity contribution in [1.82, 2.24) is 0 Å². The van der Waals surface area contributed by atoms with E-state index in [0.717, 1.165) is 12.8 Å². The van der Waals surface area contributed by atoms with Crippen LogP contribution in [0.25, 0.3) is 0 Å². The van der Waals surface area contributed by atoms with Gasteiger partial charge in [-0.2, -0.15) is 0 Å². The fraction of sp³-hybridized carbons (Fsp3) is 0.500. The van der Waals surface area contributed by atoms with Gasteiger partial charge in [0, 0.05) is 24.2 Å². The summed E-state index contributed by atoms with van der Waals surface area (Å²) in [5, 5.41) is 47.6. The number of nitrogens with zero attached hydrogens (tertiary/aromatic N) is 2. The third-order valence-corrected chi connectivity index (χ3v) is 3.84. The molecule has 0 spiro atoms. The number of rotatable bonds is 2. The lowest BCUT2D eigenvalue weighted by molar-refractivity contribution is 0.0282. The fourth-order valence-corrected chi connectivity index (χ4v) is 3.08. The van der Waals surface area contributed by atoms with Crippen LogP contribution in [-0.4, -0.2) is 23.5 Å². The van der Waals surface area contributed by atoms with Gasteiger partial charge in [-0.05, 0) is 25.7 Å². The van der Waals surface area contributed by atoms with Gasteiger partial charge in [-0.1, -0.05) is 0 Å². The van der Waals surface area contributed by atoms with E-state index in [-0.39, 0.29) is 16.6 Å². The van der Waals surface area contributed by atoms with Gasteiger partial charge >= 0.3 is 0 Å². The first kappa shape index (κ1) is 13.3. The molecule has 1 aromatic carbocycles. The first-order chi connectivity index (χ1) is 9.61. The average Bonchev–Trinajstić information content (AvgIpc) is 2.43. The zero-order valence-electron chi connectivity index (χ0n) is 10.8. The van der Waals surface area contributed by atoms with Crippen molar-refractivity contribution < 1.29 is 10.4 Å². The highest BCUT2D eigenvalue weighted by Crippen LogP contribution is 2.48. The molecule has 0 aromatic heterocycles. The summed E-state index contributed by atoms with van der Waals surface area (Å²) in [5.74, 6) is 0. The van der Waals surface area contributed by atoms with E-state index in [0.29, 0.717) is 48.4 Å². The van der Waals surface area contributed by atoms with E-state index in [4.69, 9.17) is 0 Å². The van der Waals surface area contributed by atoms with Crippen molar-refractivity contribution in [2.24, 2.45) is 0 Å². The largest absolute Gasteiger partial charge is 0.769 e. The summed E-state index contributed by atoms with van der Waals surface area (Å²) in [5.41, 5.74) is 2.31. The Balaban J connectivity index is 2.31. The van der Waals surface area contributed by atoms with E-state index < -0.39 is 5.23 Å². The van der Waals surface area contributed by atoms with Gasteiger partial charge < -0.3 is 26.3 Å². The van der Waals surface area contributed by atoms with E-state index in [1.165, 1.54) is 0 Å². The maximum Gasteiger partial charge on any atom is 0.105 e. The van der Waals surface area contributed by atoms with Crippen molar-refractivity contribution in [3.8, 4) is 0 Å². The van der Waals surface area contributed by atoms with Crippen molar-refractivity contribution >= 4 is 22.7 Å². The van der Waals surface area contributed by atoms with Crippen molar-refractivity contribution in [2.45, 2.75) is 25.7 Å². The quantitative estimate of drug-likeness (QED) is 0.478. The maximum absolute atomic E-state index is 11.4. The van der Waals surface area contributed by atoms with Crippen LogP contribution in [0.15, 0.2) is 0 Å². The molecule has 0 unspecified atom stereocenters. The second-order valence-corrected chi connectivity index (χ2v) is 5.01. The van der Waals surface area contributed by atoms with E-state index >= 15 is 0 Å². The van der Waals surface area contributed by atoms with Crippen LogP contribution in [0.3, 0.4) is 0 Å². The molecule has 0 saturated heterocycles. The summed E-state index contributed by atoms with van der Waals surface area (Å²) in [7, 11) is 0. The maximum atomic E-state index is 11.4. The predicted molar refractivity (Wildman–Crippen MR) is 75.3 cm³/mol. The van der Waals surface area contributed by atoms with Crippen molar-refractivity contribution in [3.05, 3.63) is 21.5 Å². The zero-order valence-corrected chi connectivity index (χ0v) is 10.8. The lowest BCUT2D eigenvalue weighted by Crippen LogP contribution is -2.26. The number of benzene rings is 1. The van der Waals surface area contributed by atoms with Crippen LogP contribution >= 0.6 is 0 Å². The fourth-order valence-electron chi connectivity index (χ4n) is 3.08. The first-order valence-corrected chi connectivity index (χ1v) is 6.63. The molecule has 1 aromatic rings. The Labute approximate surface area is 115 Å². The zero-order chi connectivity index (χ0) is 14.3. The van der Waals surface area contributed by atoms with Crippen LogP contribution in [-0.2, 0) is 12.8 Å². The van der Waals surface area contributed by atoms with Crippen LogP contribution < -0.4 is 21.1 Å². The Morgan fingerprint density at radius 1 is 0.850 bits per heavy atom. The van der Waals surface area contributed by atoms with E-state index in [9.17, 15) is 20.8 Å². The number of hydrogen-bond donors (Lipinski definition) is 4. The minimum absolute atomic E-state index is 0.0139. The van der Waals surface area contributed by atoms with Gasteiger partial charge in [0.2, 0.25) is 0 Å². The average molecular weight is 280 g/mol. The predicted octanol–water partition coefficient (Wildman–Crippen LogP) is 1.79. The van der Waals surface area contributed by atoms with Crippen molar-refractivity contribution in [2.75, 3.05) is 34.2 Å². The smallest absolute Gasteiger partial charge is 0.105 e. The number of nitrogens with one attached hydrogen (secondary N) is 2. The molecule has 2 aliphatic heterocycles. The molecule has 110 valence electrons. The molecule has 2 aliphatic rings. The number of fused-ring (bicyclic) bond motifs is 2. The monoisotopic (exact) mass is 280 g/mol. The minimum atomic E-state index is -0.406. The molecular weight excluding hydrogens is 264 g/mol. The molecule has 3 rings (SSSR count). The van der Waals surface area contributed by atoms with Gasteiger partial charge in [0.05, 0.1) is 17.1 Å². The Bertz CT molecular complexity index is 449. The molecule has 0 bridgehead atoms. The molecule has 0 saturated carbocycles. The van der Waals surface area contributed by atoms with Crippen LogP contribution in [0, 0.1) is 10.4 Å². The van der Waals surface area contributed by atoms with Gasteiger partial charge in [0.25, 0.3) is 0 Å². The van der Waals surface area contributed by atoms with E-state index in [1.807, 2.05) is 0 Å². The van der Waals surface area contributed by atoms with E-state index in [2.05, 4.69) is 10.6 Å². The third-order valence-electron chi connectivity index (χ3n) is 3.84. The molecule has 2 heterocycles. The highest BCUT2D eigenvalue weighted by atomic mass is 16.8. The molecule has 0 aliphatic carbocycles. The third kappa shape index (κ3) is 1.93. The summed E-state index contributed by atoms with van der Waals surface area (Å²) in [4.78, 5) is 0. The second kappa shape index (κ2) is 4.98. The highest BCUT2D eigenvalue weighted by molar-refractivity contribution is 5.95. The normalized spacial score (nSPS) is 16.6. The first-order valence-electron chi connectivity index (χ1n) is 6.63. The molecule has 20 heavy (non-hydrogen) atoms. The lowest BCUT2D eigenvalue weighted by atomic mass is 9.91. The second-order valence-electron chi connectivity index (χ2n) is 5.01. The van der Waals surface area contributed by atoms with Gasteiger partial charge in [0.1, 0.15) is 5.69 Å². The Hall–Kier alpha value is -1.74. The lowest BCUT2D eigenvalue weighted by Gasteiger charge is -2.44. The van der Waals surface area contributed by atoms with Crippen molar-refractivity contribution in [3.63, 3.8) is 0 Å².